The Morgan fingerprint density at radius 3 is 2.53 bits per heavy atom. The lowest BCUT2D eigenvalue weighted by atomic mass is 10.1. The van der Waals surface area contributed by atoms with Crippen LogP contribution in [0.3, 0.4) is 0 Å². The van der Waals surface area contributed by atoms with Gasteiger partial charge in [0.05, 0.1) is 4.92 Å². The average molecular weight is 417 g/mol. The summed E-state index contributed by atoms with van der Waals surface area (Å²) in [6.07, 6.45) is 1.25. The average Bonchev–Trinajstić information content (AvgIpc) is 2.76. The number of carbonyl (C=O) groups excluding carboxylic acids is 1. The molecule has 3 aromatic carbocycles. The number of nitro benzene ring substituents is 1. The second kappa shape index (κ2) is 9.27. The maximum absolute atomic E-state index is 12.2. The van der Waals surface area contributed by atoms with Crippen molar-refractivity contribution < 1.29 is 9.72 Å². The molecule has 3 N–H and O–H groups in total. The van der Waals surface area contributed by atoms with Gasteiger partial charge in [-0.1, -0.05) is 42.5 Å². The molecule has 30 heavy (non-hydrogen) atoms. The molecule has 8 nitrogen and oxygen atoms in total. The summed E-state index contributed by atoms with van der Waals surface area (Å²) in [4.78, 5) is 22.5. The van der Waals surface area contributed by atoms with Gasteiger partial charge in [-0.3, -0.25) is 25.8 Å². The van der Waals surface area contributed by atoms with Crippen LogP contribution in [0.1, 0.15) is 5.56 Å². The van der Waals surface area contributed by atoms with E-state index >= 15 is 0 Å². The van der Waals surface area contributed by atoms with Crippen molar-refractivity contribution in [2.75, 3.05) is 5.32 Å². The van der Waals surface area contributed by atoms with Crippen molar-refractivity contribution in [3.8, 4) is 6.07 Å². The zero-order valence-electron chi connectivity index (χ0n) is 15.5. The van der Waals surface area contributed by atoms with Gasteiger partial charge in [-0.15, -0.1) is 0 Å². The first kappa shape index (κ1) is 20.4. The lowest BCUT2D eigenvalue weighted by Crippen LogP contribution is -2.44. The highest BCUT2D eigenvalue weighted by molar-refractivity contribution is 7.80. The van der Waals surface area contributed by atoms with E-state index < -0.39 is 10.8 Å². The number of rotatable bonds is 4. The van der Waals surface area contributed by atoms with Crippen molar-refractivity contribution in [2.24, 2.45) is 0 Å². The summed E-state index contributed by atoms with van der Waals surface area (Å²) in [5, 5.41) is 25.3. The minimum absolute atomic E-state index is 0.131. The Balaban J connectivity index is 1.62. The van der Waals surface area contributed by atoms with Crippen LogP contribution in [0.5, 0.6) is 0 Å². The highest BCUT2D eigenvalue weighted by Gasteiger charge is 2.11. The molecule has 1 amide bonds. The van der Waals surface area contributed by atoms with Crippen LogP contribution in [0.15, 0.2) is 72.3 Å². The quantitative estimate of drug-likeness (QED) is 0.195. The molecule has 0 aliphatic carbocycles. The zero-order valence-corrected chi connectivity index (χ0v) is 16.3. The lowest BCUT2D eigenvalue weighted by Gasteiger charge is -2.12. The third-order valence-corrected chi connectivity index (χ3v) is 4.26. The number of non-ortho nitro benzene ring substituents is 1. The molecular weight excluding hydrogens is 402 g/mol. The van der Waals surface area contributed by atoms with Crippen LogP contribution >= 0.6 is 12.2 Å². The predicted molar refractivity (Wildman–Crippen MR) is 118 cm³/mol. The lowest BCUT2D eigenvalue weighted by molar-refractivity contribution is -0.384. The van der Waals surface area contributed by atoms with Crippen LogP contribution in [0, 0.1) is 21.4 Å². The first-order valence-corrected chi connectivity index (χ1v) is 9.09. The molecule has 0 bridgehead atoms. The molecule has 3 aromatic rings. The SMILES string of the molecule is N#C/C(=C\c1cccc([N+](=O)[O-])c1)C(=O)NNC(=S)Nc1ccc2ccccc2c1. The number of thiocarbonyl (C=S) groups is 1. The van der Waals surface area contributed by atoms with E-state index in [1.165, 1.54) is 24.3 Å². The number of benzene rings is 3. The van der Waals surface area contributed by atoms with Crippen LogP contribution in [0.4, 0.5) is 11.4 Å². The molecule has 0 aromatic heterocycles. The fourth-order valence-electron chi connectivity index (χ4n) is 2.65. The fraction of sp³-hybridized carbons (Fsp3) is 0. The minimum atomic E-state index is -0.730. The topological polar surface area (TPSA) is 120 Å². The molecule has 0 fully saturated rings. The van der Waals surface area contributed by atoms with E-state index in [0.717, 1.165) is 16.5 Å². The normalized spacial score (nSPS) is 10.7. The number of hydrazine groups is 1. The summed E-state index contributed by atoms with van der Waals surface area (Å²) in [5.41, 5.74) is 5.57. The summed E-state index contributed by atoms with van der Waals surface area (Å²) in [6, 6.07) is 20.9. The van der Waals surface area contributed by atoms with Crippen molar-refractivity contribution in [2.45, 2.75) is 0 Å². The van der Waals surface area contributed by atoms with Gasteiger partial charge in [0, 0.05) is 17.8 Å². The Morgan fingerprint density at radius 2 is 1.80 bits per heavy atom. The molecular formula is C21H15N5O3S. The van der Waals surface area contributed by atoms with Crippen LogP contribution in [0.25, 0.3) is 16.8 Å². The number of hydrogen-bond acceptors (Lipinski definition) is 5. The molecule has 0 radical (unpaired) electrons. The minimum Gasteiger partial charge on any atom is -0.331 e. The van der Waals surface area contributed by atoms with E-state index in [9.17, 15) is 20.2 Å². The Morgan fingerprint density at radius 1 is 1.03 bits per heavy atom. The highest BCUT2D eigenvalue weighted by Crippen LogP contribution is 2.19. The number of nitrogens with zero attached hydrogens (tertiary/aromatic N) is 2. The predicted octanol–water partition coefficient (Wildman–Crippen LogP) is 3.67. The van der Waals surface area contributed by atoms with Gasteiger partial charge >= 0.3 is 0 Å². The summed E-state index contributed by atoms with van der Waals surface area (Å²) in [7, 11) is 0. The van der Waals surface area contributed by atoms with E-state index in [0.29, 0.717) is 5.56 Å². The van der Waals surface area contributed by atoms with E-state index in [1.54, 1.807) is 12.1 Å². The van der Waals surface area contributed by atoms with Crippen molar-refractivity contribution in [3.05, 3.63) is 88.0 Å². The van der Waals surface area contributed by atoms with Crippen molar-refractivity contribution in [1.82, 2.24) is 10.9 Å². The van der Waals surface area contributed by atoms with Gasteiger partial charge in [0.15, 0.2) is 5.11 Å². The largest absolute Gasteiger partial charge is 0.331 e. The van der Waals surface area contributed by atoms with E-state index in [2.05, 4.69) is 16.2 Å². The van der Waals surface area contributed by atoms with Crippen molar-refractivity contribution in [1.29, 1.82) is 5.26 Å². The standard InChI is InChI=1S/C21H15N5O3S/c22-13-17(10-14-4-3-7-19(11-14)26(28)29)20(27)24-25-21(30)23-18-9-8-15-5-1-2-6-16(15)12-18/h1-12H,(H,24,27)(H2,23,25,30)/b17-10+. The smallest absolute Gasteiger partial charge is 0.280 e. The molecule has 9 heteroatoms. The van der Waals surface area contributed by atoms with Gasteiger partial charge < -0.3 is 5.32 Å². The van der Waals surface area contributed by atoms with Gasteiger partial charge in [0.1, 0.15) is 11.6 Å². The molecule has 0 unspecified atom stereocenters. The van der Waals surface area contributed by atoms with E-state index in [1.807, 2.05) is 42.5 Å². The van der Waals surface area contributed by atoms with Gasteiger partial charge in [-0.25, -0.2) is 0 Å². The Bertz CT molecular complexity index is 1220. The molecule has 0 saturated carbocycles. The maximum atomic E-state index is 12.2. The Kier molecular flexibility index (Phi) is 6.32. The number of hydrogen-bond donors (Lipinski definition) is 3. The van der Waals surface area contributed by atoms with Crippen LogP contribution < -0.4 is 16.2 Å². The number of nitriles is 1. The van der Waals surface area contributed by atoms with Crippen LogP contribution in [-0.2, 0) is 4.79 Å². The molecule has 148 valence electrons. The summed E-state index contributed by atoms with van der Waals surface area (Å²) >= 11 is 5.16. The number of amides is 1. The fourth-order valence-corrected chi connectivity index (χ4v) is 2.82. The number of fused-ring (bicyclic) bond motifs is 1. The second-order valence-corrected chi connectivity index (χ2v) is 6.53. The Hall–Kier alpha value is -4.29. The van der Waals surface area contributed by atoms with Gasteiger partial charge in [0.25, 0.3) is 11.6 Å². The molecule has 3 rings (SSSR count). The molecule has 0 aliphatic rings. The van der Waals surface area contributed by atoms with E-state index in [4.69, 9.17) is 12.2 Å². The highest BCUT2D eigenvalue weighted by atomic mass is 32.1. The molecule has 0 aliphatic heterocycles. The zero-order chi connectivity index (χ0) is 21.5. The first-order valence-electron chi connectivity index (χ1n) is 8.68. The van der Waals surface area contributed by atoms with Gasteiger partial charge in [-0.05, 0) is 46.8 Å². The summed E-state index contributed by atoms with van der Waals surface area (Å²) in [5.74, 6) is -0.730. The Labute approximate surface area is 176 Å². The maximum Gasteiger partial charge on any atom is 0.280 e. The first-order chi connectivity index (χ1) is 14.5. The molecule has 0 saturated heterocycles. The molecule has 0 spiro atoms. The molecule has 0 heterocycles. The van der Waals surface area contributed by atoms with Crippen molar-refractivity contribution in [3.63, 3.8) is 0 Å². The van der Waals surface area contributed by atoms with Crippen molar-refractivity contribution >= 4 is 51.5 Å². The number of anilines is 1. The van der Waals surface area contributed by atoms with Gasteiger partial charge in [-0.2, -0.15) is 5.26 Å². The van der Waals surface area contributed by atoms with Crippen LogP contribution in [0.2, 0.25) is 0 Å². The number of carbonyl (C=O) groups is 1. The monoisotopic (exact) mass is 417 g/mol. The third-order valence-electron chi connectivity index (χ3n) is 4.05. The number of nitrogens with one attached hydrogen (secondary N) is 3. The third kappa shape index (κ3) is 5.15. The van der Waals surface area contributed by atoms with Gasteiger partial charge in [0.2, 0.25) is 0 Å². The summed E-state index contributed by atoms with van der Waals surface area (Å²) < 4.78 is 0. The second-order valence-electron chi connectivity index (χ2n) is 6.12. The summed E-state index contributed by atoms with van der Waals surface area (Å²) in [6.45, 7) is 0. The number of nitro groups is 1. The van der Waals surface area contributed by atoms with Crippen LogP contribution in [-0.4, -0.2) is 15.9 Å². The van der Waals surface area contributed by atoms with E-state index in [-0.39, 0.29) is 16.4 Å². The molecule has 0 atom stereocenters.